The summed E-state index contributed by atoms with van der Waals surface area (Å²) in [5, 5.41) is 4.48. The van der Waals surface area contributed by atoms with Gasteiger partial charge in [-0.1, -0.05) is 0 Å². The first-order chi connectivity index (χ1) is 9.38. The molecule has 0 bridgehead atoms. The van der Waals surface area contributed by atoms with Gasteiger partial charge >= 0.3 is 132 Å². The number of benzene rings is 1. The van der Waals surface area contributed by atoms with Crippen LogP contribution >= 0.6 is 11.3 Å². The van der Waals surface area contributed by atoms with Crippen molar-refractivity contribution in [2.45, 2.75) is 45.4 Å². The Morgan fingerprint density at radius 2 is 1.68 bits per heavy atom. The molecule has 2 aromatic rings. The summed E-state index contributed by atoms with van der Waals surface area (Å²) < 4.78 is 3.11. The zero-order valence-corrected chi connectivity index (χ0v) is 14.7. The molecule has 1 heterocycles. The quantitative estimate of drug-likeness (QED) is 0.477. The standard InChI is InChI=1S/C17H22STe/c1-2-3-4-5-6-7-15-8-10-16(11-9-15)19-17-12-13-18-14-17/h8-14H,2-7H2,1H3. The van der Waals surface area contributed by atoms with Crippen LogP contribution in [0.5, 0.6) is 0 Å². The van der Waals surface area contributed by atoms with Gasteiger partial charge in [-0.25, -0.2) is 0 Å². The van der Waals surface area contributed by atoms with E-state index in [-0.39, 0.29) is 20.9 Å². The predicted molar refractivity (Wildman–Crippen MR) is 88.2 cm³/mol. The second-order valence-corrected chi connectivity index (χ2v) is 8.92. The Labute approximate surface area is 131 Å². The molecule has 0 spiro atoms. The van der Waals surface area contributed by atoms with E-state index < -0.39 is 0 Å². The van der Waals surface area contributed by atoms with Crippen LogP contribution in [0.1, 0.15) is 44.6 Å². The molecule has 0 unspecified atom stereocenters. The third-order valence-corrected chi connectivity index (χ3v) is 7.22. The maximum absolute atomic E-state index is 2.35. The summed E-state index contributed by atoms with van der Waals surface area (Å²) in [7, 11) is 0. The summed E-state index contributed by atoms with van der Waals surface area (Å²) in [6, 6.07) is 11.6. The Bertz CT molecular complexity index is 445. The van der Waals surface area contributed by atoms with Crippen LogP contribution in [0.2, 0.25) is 0 Å². The molecule has 0 fully saturated rings. The van der Waals surface area contributed by atoms with Gasteiger partial charge in [0.25, 0.3) is 0 Å². The van der Waals surface area contributed by atoms with E-state index in [1.807, 2.05) is 11.3 Å². The van der Waals surface area contributed by atoms with Crippen LogP contribution in [0.3, 0.4) is 0 Å². The van der Waals surface area contributed by atoms with Crippen LogP contribution < -0.4 is 7.22 Å². The normalized spacial score (nSPS) is 10.8. The molecule has 0 amide bonds. The molecule has 0 nitrogen and oxygen atoms in total. The molecule has 1 aromatic heterocycles. The van der Waals surface area contributed by atoms with Gasteiger partial charge in [-0.15, -0.1) is 0 Å². The molecular formula is C17H22STe. The summed E-state index contributed by atoms with van der Waals surface area (Å²) in [6.45, 7) is 2.27. The molecule has 0 N–H and O–H groups in total. The van der Waals surface area contributed by atoms with Crippen molar-refractivity contribution < 1.29 is 0 Å². The first-order valence-electron chi connectivity index (χ1n) is 7.17. The van der Waals surface area contributed by atoms with E-state index in [9.17, 15) is 0 Å². The van der Waals surface area contributed by atoms with Gasteiger partial charge in [-0.05, 0) is 0 Å². The molecular weight excluding hydrogens is 364 g/mol. The van der Waals surface area contributed by atoms with Crippen molar-refractivity contribution in [1.29, 1.82) is 0 Å². The van der Waals surface area contributed by atoms with Gasteiger partial charge in [0.1, 0.15) is 0 Å². The fourth-order valence-electron chi connectivity index (χ4n) is 2.10. The molecule has 0 atom stereocenters. The maximum atomic E-state index is 2.35. The van der Waals surface area contributed by atoms with Crippen LogP contribution in [-0.2, 0) is 6.42 Å². The molecule has 0 aliphatic heterocycles. The van der Waals surface area contributed by atoms with Gasteiger partial charge in [0.2, 0.25) is 0 Å². The minimum atomic E-state index is -0.145. The van der Waals surface area contributed by atoms with E-state index in [0.29, 0.717) is 0 Å². The molecule has 0 aliphatic rings. The fraction of sp³-hybridized carbons (Fsp3) is 0.412. The van der Waals surface area contributed by atoms with Gasteiger partial charge in [0.05, 0.1) is 0 Å². The monoisotopic (exact) mass is 388 g/mol. The summed E-state index contributed by atoms with van der Waals surface area (Å²) >= 11 is 1.67. The van der Waals surface area contributed by atoms with E-state index in [0.717, 1.165) is 0 Å². The molecule has 102 valence electrons. The Morgan fingerprint density at radius 1 is 0.895 bits per heavy atom. The Balaban J connectivity index is 1.75. The second kappa shape index (κ2) is 8.80. The van der Waals surface area contributed by atoms with Gasteiger partial charge in [0, 0.05) is 0 Å². The molecule has 0 aliphatic carbocycles. The van der Waals surface area contributed by atoms with E-state index in [4.69, 9.17) is 0 Å². The number of hydrogen-bond donors (Lipinski definition) is 0. The van der Waals surface area contributed by atoms with E-state index in [2.05, 4.69) is 48.0 Å². The Kier molecular flexibility index (Phi) is 6.99. The fourth-order valence-corrected chi connectivity index (χ4v) is 5.77. The van der Waals surface area contributed by atoms with Crippen molar-refractivity contribution in [3.8, 4) is 0 Å². The number of hydrogen-bond acceptors (Lipinski definition) is 1. The van der Waals surface area contributed by atoms with Crippen molar-refractivity contribution in [1.82, 2.24) is 0 Å². The average molecular weight is 386 g/mol. The van der Waals surface area contributed by atoms with Crippen molar-refractivity contribution in [3.05, 3.63) is 46.7 Å². The van der Waals surface area contributed by atoms with E-state index >= 15 is 0 Å². The summed E-state index contributed by atoms with van der Waals surface area (Å²) in [5.74, 6) is 0. The predicted octanol–water partition coefficient (Wildman–Crippen LogP) is 3.92. The number of thiophene rings is 1. The first-order valence-corrected chi connectivity index (χ1v) is 10.4. The minimum absolute atomic E-state index is 0.145. The zero-order chi connectivity index (χ0) is 13.3. The third-order valence-electron chi connectivity index (χ3n) is 3.22. The molecule has 0 saturated carbocycles. The number of rotatable bonds is 8. The van der Waals surface area contributed by atoms with Crippen molar-refractivity contribution in [2.24, 2.45) is 0 Å². The molecule has 0 saturated heterocycles. The van der Waals surface area contributed by atoms with Crippen LogP contribution in [0.15, 0.2) is 41.1 Å². The topological polar surface area (TPSA) is 0 Å². The van der Waals surface area contributed by atoms with Gasteiger partial charge in [0.15, 0.2) is 0 Å². The molecule has 2 rings (SSSR count). The summed E-state index contributed by atoms with van der Waals surface area (Å²) in [4.78, 5) is 0. The zero-order valence-electron chi connectivity index (χ0n) is 11.6. The number of aryl methyl sites for hydroxylation is 1. The summed E-state index contributed by atoms with van der Waals surface area (Å²) in [5.41, 5.74) is 1.51. The van der Waals surface area contributed by atoms with Gasteiger partial charge in [-0.3, -0.25) is 0 Å². The number of unbranched alkanes of at least 4 members (excludes halogenated alkanes) is 4. The Morgan fingerprint density at radius 3 is 2.37 bits per heavy atom. The molecule has 2 heteroatoms. The van der Waals surface area contributed by atoms with E-state index in [1.54, 1.807) is 7.22 Å². The Hall–Kier alpha value is -0.290. The van der Waals surface area contributed by atoms with Crippen LogP contribution in [0, 0.1) is 0 Å². The molecule has 19 heavy (non-hydrogen) atoms. The van der Waals surface area contributed by atoms with Crippen molar-refractivity contribution in [3.63, 3.8) is 0 Å². The van der Waals surface area contributed by atoms with Gasteiger partial charge in [-0.2, -0.15) is 0 Å². The second-order valence-electron chi connectivity index (χ2n) is 4.87. The van der Waals surface area contributed by atoms with Crippen LogP contribution in [0.4, 0.5) is 0 Å². The molecule has 1 aromatic carbocycles. The van der Waals surface area contributed by atoms with Crippen LogP contribution in [0.25, 0.3) is 0 Å². The van der Waals surface area contributed by atoms with E-state index in [1.165, 1.54) is 44.1 Å². The SMILES string of the molecule is CCCCCCCc1ccc([Te]c2ccsc2)cc1. The molecule has 0 radical (unpaired) electrons. The summed E-state index contributed by atoms with van der Waals surface area (Å²) in [6.07, 6.45) is 8.12. The van der Waals surface area contributed by atoms with Crippen molar-refractivity contribution in [2.75, 3.05) is 0 Å². The third kappa shape index (κ3) is 5.69. The van der Waals surface area contributed by atoms with Crippen LogP contribution in [-0.4, -0.2) is 20.9 Å². The van der Waals surface area contributed by atoms with Crippen molar-refractivity contribution >= 4 is 39.5 Å². The average Bonchev–Trinajstić information content (AvgIpc) is 2.93. The van der Waals surface area contributed by atoms with Gasteiger partial charge < -0.3 is 0 Å². The first kappa shape index (κ1) is 15.1.